The summed E-state index contributed by atoms with van der Waals surface area (Å²) < 4.78 is 5.03. The van der Waals surface area contributed by atoms with E-state index < -0.39 is 0 Å². The normalized spacial score (nSPS) is 9.84. The van der Waals surface area contributed by atoms with Gasteiger partial charge in [0.1, 0.15) is 0 Å². The van der Waals surface area contributed by atoms with Crippen LogP contribution in [0.15, 0.2) is 193 Å². The standard InChI is InChI=1S/C12H12.4C11H11N.C8H9.C6H7O.C6H7S.3Y/c1-9-7-8-10(2)12-6-4-3-5-11(9)12;2*1-8-3-4-9(2)11-7-12-6-5-10(8)11;2*1-8-5-6-9(2)11-10(8)4-3-7-12-11;1-7-3-5-8(2)6-4-7;2*1-5-3-4-6(2)7-5;;;/h3-8H,1-2H3;4*3-7H,1-2H3;3-5H,1-2H3;2*3H,1-2H3;;;/q;;;;;3*-1;;;. The van der Waals surface area contributed by atoms with Crippen molar-refractivity contribution in [2.24, 2.45) is 0 Å². The molecule has 0 bridgehead atoms. The molecule has 6 aromatic heterocycles. The molecule has 7 aromatic carbocycles. The number of furan rings is 1. The van der Waals surface area contributed by atoms with Gasteiger partial charge in [-0.2, -0.15) is 41.5 Å². The molecule has 0 aliphatic carbocycles. The molecule has 0 amide bonds. The van der Waals surface area contributed by atoms with E-state index in [1.54, 1.807) is 11.3 Å². The molecular weight excluding hydrogens is 1280 g/mol. The van der Waals surface area contributed by atoms with Crippen LogP contribution < -0.4 is 0 Å². The number of benzene rings is 7. The van der Waals surface area contributed by atoms with E-state index in [9.17, 15) is 0 Å². The molecule has 85 heavy (non-hydrogen) atoms. The third-order valence-corrected chi connectivity index (χ3v) is 14.8. The molecule has 0 aliphatic rings. The van der Waals surface area contributed by atoms with Crippen LogP contribution in [0.1, 0.15) is 88.0 Å². The molecule has 0 N–H and O–H groups in total. The van der Waals surface area contributed by atoms with Gasteiger partial charge >= 0.3 is 0 Å². The van der Waals surface area contributed by atoms with E-state index in [0.717, 1.165) is 22.6 Å². The molecule has 0 unspecified atom stereocenters. The monoisotopic (exact) mass is 1360 g/mol. The van der Waals surface area contributed by atoms with Crippen LogP contribution in [-0.2, 0) is 98.1 Å². The van der Waals surface area contributed by atoms with E-state index in [0.29, 0.717) is 0 Å². The van der Waals surface area contributed by atoms with Gasteiger partial charge in [0.2, 0.25) is 0 Å². The summed E-state index contributed by atoms with van der Waals surface area (Å²) in [5.41, 5.74) is 17.7. The molecule has 9 heteroatoms. The van der Waals surface area contributed by atoms with Crippen molar-refractivity contribution in [3.8, 4) is 0 Å². The summed E-state index contributed by atoms with van der Waals surface area (Å²) in [6.45, 7) is 33.3. The predicted molar refractivity (Wildman–Crippen MR) is 353 cm³/mol. The Morgan fingerprint density at radius 2 is 0.706 bits per heavy atom. The molecule has 0 aliphatic heterocycles. The quantitative estimate of drug-likeness (QED) is 0.142. The topological polar surface area (TPSA) is 64.7 Å². The van der Waals surface area contributed by atoms with E-state index in [2.05, 4.69) is 249 Å². The summed E-state index contributed by atoms with van der Waals surface area (Å²) >= 11 is 1.79. The second kappa shape index (κ2) is 37.4. The zero-order valence-corrected chi connectivity index (χ0v) is 62.1. The van der Waals surface area contributed by atoms with E-state index in [4.69, 9.17) is 4.42 Å². The van der Waals surface area contributed by atoms with Crippen molar-refractivity contribution < 1.29 is 103 Å². The third kappa shape index (κ3) is 22.8. The molecule has 0 fully saturated rings. The maximum absolute atomic E-state index is 5.03. The molecule has 3 radical (unpaired) electrons. The van der Waals surface area contributed by atoms with E-state index >= 15 is 0 Å². The first-order chi connectivity index (χ1) is 39.3. The van der Waals surface area contributed by atoms with Crippen molar-refractivity contribution >= 4 is 65.5 Å². The molecule has 0 saturated carbocycles. The van der Waals surface area contributed by atoms with Gasteiger partial charge in [-0.25, -0.2) is 18.2 Å². The van der Waals surface area contributed by atoms with Crippen molar-refractivity contribution in [1.29, 1.82) is 0 Å². The summed E-state index contributed by atoms with van der Waals surface area (Å²) in [5.74, 6) is 1.79. The summed E-state index contributed by atoms with van der Waals surface area (Å²) in [5, 5.41) is 10.4. The Morgan fingerprint density at radius 1 is 0.329 bits per heavy atom. The van der Waals surface area contributed by atoms with Gasteiger partial charge in [0.05, 0.1) is 11.0 Å². The largest absolute Gasteiger partial charge is 0.571 e. The summed E-state index contributed by atoms with van der Waals surface area (Å²) in [6, 6.07) is 61.4. The van der Waals surface area contributed by atoms with Crippen molar-refractivity contribution in [1.82, 2.24) is 19.9 Å². The molecule has 6 heterocycles. The Morgan fingerprint density at radius 3 is 0.988 bits per heavy atom. The van der Waals surface area contributed by atoms with Crippen LogP contribution >= 0.6 is 11.3 Å². The van der Waals surface area contributed by atoms with Gasteiger partial charge in [0.15, 0.2) is 0 Å². The first kappa shape index (κ1) is 74.0. The van der Waals surface area contributed by atoms with Crippen molar-refractivity contribution in [3.63, 3.8) is 0 Å². The van der Waals surface area contributed by atoms with Crippen molar-refractivity contribution in [3.05, 3.63) is 295 Å². The van der Waals surface area contributed by atoms with Gasteiger partial charge in [-0.3, -0.25) is 31.3 Å². The van der Waals surface area contributed by atoms with Crippen LogP contribution in [0.3, 0.4) is 0 Å². The first-order valence-corrected chi connectivity index (χ1v) is 28.6. The second-order valence-electron chi connectivity index (χ2n) is 20.8. The minimum absolute atomic E-state index is 0. The molecule has 13 rings (SSSR count). The van der Waals surface area contributed by atoms with Gasteiger partial charge in [-0.15, -0.1) is 9.75 Å². The van der Waals surface area contributed by atoms with E-state index in [1.165, 1.54) is 120 Å². The molecule has 427 valence electrons. The molecule has 13 aromatic rings. The fourth-order valence-corrected chi connectivity index (χ4v) is 9.78. The number of aryl methyl sites for hydroxylation is 16. The number of fused-ring (bicyclic) bond motifs is 5. The number of hydrogen-bond donors (Lipinski definition) is 0. The summed E-state index contributed by atoms with van der Waals surface area (Å²) in [4.78, 5) is 19.5. The van der Waals surface area contributed by atoms with Crippen LogP contribution in [0.4, 0.5) is 0 Å². The Kier molecular flexibility index (Phi) is 32.6. The fraction of sp³-hybridized carbons (Fsp3) is 0.211. The number of rotatable bonds is 0. The number of thiophene rings is 1. The van der Waals surface area contributed by atoms with Crippen LogP contribution in [0, 0.1) is 129 Å². The predicted octanol–water partition coefficient (Wildman–Crippen LogP) is 20.8. The minimum Gasteiger partial charge on any atom is -0.571 e. The van der Waals surface area contributed by atoms with Gasteiger partial charge in [0.25, 0.3) is 0 Å². The number of aromatic nitrogens is 4. The van der Waals surface area contributed by atoms with Gasteiger partial charge in [-0.1, -0.05) is 131 Å². The number of hydrogen-bond acceptors (Lipinski definition) is 6. The molecule has 0 spiro atoms. The molecule has 0 atom stereocenters. The van der Waals surface area contributed by atoms with Gasteiger partial charge in [-0.05, 0) is 190 Å². The Bertz CT molecular complexity index is 3370. The Balaban J connectivity index is 0.000000255. The fourth-order valence-electron chi connectivity index (χ4n) is 9.07. The SMILES string of the molecule is Cc1[c-]cc(C)cc1.Cc1[c-]cc(C)o1.Cc1[c-]cc(C)s1.Cc1ccc(C)c2ccccc12.Cc1ccc(C)c2cnccc12.Cc1ccc(C)c2cnccc12.Cc1ccc(C)c2ncccc12.Cc1ccc(C)c2ncccc12.[Y].[Y].[Y]. The third-order valence-electron chi connectivity index (χ3n) is 14.0. The van der Waals surface area contributed by atoms with Crippen LogP contribution in [0.2, 0.25) is 0 Å². The second-order valence-corrected chi connectivity index (χ2v) is 22.3. The van der Waals surface area contributed by atoms with E-state index in [-0.39, 0.29) is 98.1 Å². The molecule has 0 saturated heterocycles. The Hall–Kier alpha value is -5.27. The van der Waals surface area contributed by atoms with Crippen molar-refractivity contribution in [2.75, 3.05) is 0 Å². The minimum atomic E-state index is 0. The van der Waals surface area contributed by atoms with Gasteiger partial charge < -0.3 is 4.42 Å². The maximum Gasteiger partial charge on any atom is 0.0733 e. The van der Waals surface area contributed by atoms with Crippen molar-refractivity contribution in [2.45, 2.75) is 111 Å². The smallest absolute Gasteiger partial charge is 0.0733 e. The average Bonchev–Trinajstić information content (AvgIpc) is 4.07. The number of nitrogens with zero attached hydrogens (tertiary/aromatic N) is 4. The Labute approximate surface area is 587 Å². The van der Waals surface area contributed by atoms with Crippen LogP contribution in [0.25, 0.3) is 54.1 Å². The van der Waals surface area contributed by atoms with Crippen LogP contribution in [0.5, 0.6) is 0 Å². The molecule has 5 nitrogen and oxygen atoms in total. The zero-order valence-electron chi connectivity index (χ0n) is 52.7. The average molecular weight is 1360 g/mol. The van der Waals surface area contributed by atoms with Gasteiger partial charge in [0, 0.05) is 157 Å². The molecular formula is C76H79N4OSY3-3. The number of pyridine rings is 4. The maximum atomic E-state index is 5.03. The summed E-state index contributed by atoms with van der Waals surface area (Å²) in [6.07, 6.45) is 11.2. The van der Waals surface area contributed by atoms with Crippen LogP contribution in [-0.4, -0.2) is 19.9 Å². The van der Waals surface area contributed by atoms with E-state index in [1.807, 2.05) is 88.3 Å². The zero-order chi connectivity index (χ0) is 59.3. The first-order valence-electron chi connectivity index (χ1n) is 27.8. The summed E-state index contributed by atoms with van der Waals surface area (Å²) in [7, 11) is 0.